The number of aromatic nitrogens is 1. The summed E-state index contributed by atoms with van der Waals surface area (Å²) in [6.45, 7) is 4.54. The van der Waals surface area contributed by atoms with Gasteiger partial charge in [0.05, 0.1) is 5.69 Å². The molecule has 1 saturated heterocycles. The molecule has 1 amide bonds. The van der Waals surface area contributed by atoms with E-state index in [1.807, 2.05) is 83.9 Å². The molecule has 0 unspecified atom stereocenters. The zero-order chi connectivity index (χ0) is 19.9. The summed E-state index contributed by atoms with van der Waals surface area (Å²) in [6.07, 6.45) is 1.82. The van der Waals surface area contributed by atoms with E-state index >= 15 is 0 Å². The van der Waals surface area contributed by atoms with Gasteiger partial charge < -0.3 is 9.64 Å². The first-order valence-corrected chi connectivity index (χ1v) is 9.96. The minimum Gasteiger partial charge on any atom is -0.489 e. The highest BCUT2D eigenvalue weighted by Crippen LogP contribution is 2.17. The van der Waals surface area contributed by atoms with Crippen LogP contribution in [0.3, 0.4) is 0 Å². The van der Waals surface area contributed by atoms with Gasteiger partial charge in [0.2, 0.25) is 0 Å². The van der Waals surface area contributed by atoms with E-state index in [4.69, 9.17) is 4.74 Å². The summed E-state index contributed by atoms with van der Waals surface area (Å²) >= 11 is 0. The minimum atomic E-state index is 0.0806. The maximum Gasteiger partial charge on any atom is 0.253 e. The molecule has 0 saturated carbocycles. The molecule has 4 rings (SSSR count). The van der Waals surface area contributed by atoms with Crippen molar-refractivity contribution in [2.75, 3.05) is 26.2 Å². The van der Waals surface area contributed by atoms with E-state index in [0.717, 1.165) is 49.7 Å². The number of pyridine rings is 1. The molecule has 2 aromatic carbocycles. The van der Waals surface area contributed by atoms with Gasteiger partial charge in [0, 0.05) is 44.5 Å². The Hall–Kier alpha value is -3.18. The van der Waals surface area contributed by atoms with E-state index in [2.05, 4.69) is 9.88 Å². The van der Waals surface area contributed by atoms with Crippen molar-refractivity contribution >= 4 is 5.91 Å². The lowest BCUT2D eigenvalue weighted by Crippen LogP contribution is -2.48. The number of carbonyl (C=O) groups excluding carboxylic acids is 1. The number of carbonyl (C=O) groups is 1. The molecule has 5 nitrogen and oxygen atoms in total. The maximum atomic E-state index is 12.8. The van der Waals surface area contributed by atoms with E-state index in [-0.39, 0.29) is 5.91 Å². The maximum absolute atomic E-state index is 12.8. The lowest BCUT2D eigenvalue weighted by Gasteiger charge is -2.34. The summed E-state index contributed by atoms with van der Waals surface area (Å²) in [7, 11) is 0. The van der Waals surface area contributed by atoms with E-state index in [1.165, 1.54) is 0 Å². The first-order valence-electron chi connectivity index (χ1n) is 9.96. The van der Waals surface area contributed by atoms with E-state index in [9.17, 15) is 4.79 Å². The Bertz CT molecular complexity index is 906. The van der Waals surface area contributed by atoms with Crippen LogP contribution in [0.5, 0.6) is 5.75 Å². The molecule has 29 heavy (non-hydrogen) atoms. The molecule has 0 spiro atoms. The van der Waals surface area contributed by atoms with Crippen molar-refractivity contribution < 1.29 is 9.53 Å². The summed E-state index contributed by atoms with van der Waals surface area (Å²) in [4.78, 5) is 21.5. The van der Waals surface area contributed by atoms with Crippen LogP contribution in [0, 0.1) is 0 Å². The van der Waals surface area contributed by atoms with Crippen molar-refractivity contribution in [3.8, 4) is 5.75 Å². The fraction of sp³-hybridized carbons (Fsp3) is 0.250. The van der Waals surface area contributed by atoms with Crippen LogP contribution in [0.15, 0.2) is 79.0 Å². The van der Waals surface area contributed by atoms with E-state index in [0.29, 0.717) is 12.2 Å². The van der Waals surface area contributed by atoms with Gasteiger partial charge in [-0.15, -0.1) is 0 Å². The third-order valence-corrected chi connectivity index (χ3v) is 5.12. The lowest BCUT2D eigenvalue weighted by atomic mass is 10.1. The number of hydrogen-bond acceptors (Lipinski definition) is 4. The van der Waals surface area contributed by atoms with Crippen molar-refractivity contribution in [2.24, 2.45) is 0 Å². The smallest absolute Gasteiger partial charge is 0.253 e. The Labute approximate surface area is 171 Å². The zero-order valence-electron chi connectivity index (χ0n) is 16.4. The SMILES string of the molecule is O=C(c1ccc(OCc2ccccc2)cc1)N1CCN(Cc2ccccn2)CC1. The topological polar surface area (TPSA) is 45.7 Å². The molecule has 148 valence electrons. The average Bonchev–Trinajstić information content (AvgIpc) is 2.79. The van der Waals surface area contributed by atoms with Crippen LogP contribution in [0.1, 0.15) is 21.6 Å². The Morgan fingerprint density at radius 2 is 1.59 bits per heavy atom. The van der Waals surface area contributed by atoms with Gasteiger partial charge in [0.1, 0.15) is 12.4 Å². The van der Waals surface area contributed by atoms with Crippen LogP contribution in [0.4, 0.5) is 0 Å². The van der Waals surface area contributed by atoms with Gasteiger partial charge in [0.25, 0.3) is 5.91 Å². The van der Waals surface area contributed by atoms with Crippen molar-refractivity contribution in [2.45, 2.75) is 13.2 Å². The molecule has 0 N–H and O–H groups in total. The van der Waals surface area contributed by atoms with Crippen molar-refractivity contribution in [3.63, 3.8) is 0 Å². The number of amides is 1. The Morgan fingerprint density at radius 1 is 0.862 bits per heavy atom. The second kappa shape index (κ2) is 9.34. The number of nitrogens with zero attached hydrogens (tertiary/aromatic N) is 3. The molecule has 1 aliphatic rings. The zero-order valence-corrected chi connectivity index (χ0v) is 16.4. The minimum absolute atomic E-state index is 0.0806. The van der Waals surface area contributed by atoms with Gasteiger partial charge in [0.15, 0.2) is 0 Å². The fourth-order valence-electron chi connectivity index (χ4n) is 3.45. The number of ether oxygens (including phenoxy) is 1. The third-order valence-electron chi connectivity index (χ3n) is 5.12. The Morgan fingerprint density at radius 3 is 2.28 bits per heavy atom. The highest BCUT2D eigenvalue weighted by molar-refractivity contribution is 5.94. The van der Waals surface area contributed by atoms with Crippen molar-refractivity contribution in [1.82, 2.24) is 14.8 Å². The van der Waals surface area contributed by atoms with Gasteiger partial charge in [-0.25, -0.2) is 0 Å². The standard InChI is InChI=1S/C24H25N3O2/c28-24(27-16-14-26(15-17-27)18-22-8-4-5-13-25-22)21-9-11-23(12-10-21)29-19-20-6-2-1-3-7-20/h1-13H,14-19H2. The molecule has 2 heterocycles. The quantitative estimate of drug-likeness (QED) is 0.648. The van der Waals surface area contributed by atoms with Gasteiger partial charge in [-0.1, -0.05) is 36.4 Å². The highest BCUT2D eigenvalue weighted by atomic mass is 16.5. The molecular formula is C24H25N3O2. The largest absolute Gasteiger partial charge is 0.489 e. The van der Waals surface area contributed by atoms with Crippen LogP contribution < -0.4 is 4.74 Å². The second-order valence-corrected chi connectivity index (χ2v) is 7.19. The molecule has 3 aromatic rings. The first kappa shape index (κ1) is 19.2. The summed E-state index contributed by atoms with van der Waals surface area (Å²) < 4.78 is 5.81. The van der Waals surface area contributed by atoms with Crippen LogP contribution in [0.2, 0.25) is 0 Å². The summed E-state index contributed by atoms with van der Waals surface area (Å²) in [6, 6.07) is 23.5. The molecule has 0 atom stereocenters. The normalized spacial score (nSPS) is 14.6. The lowest BCUT2D eigenvalue weighted by molar-refractivity contribution is 0.0627. The predicted molar refractivity (Wildman–Crippen MR) is 113 cm³/mol. The van der Waals surface area contributed by atoms with Crippen LogP contribution in [-0.2, 0) is 13.2 Å². The Balaban J connectivity index is 1.27. The van der Waals surface area contributed by atoms with E-state index < -0.39 is 0 Å². The van der Waals surface area contributed by atoms with Gasteiger partial charge >= 0.3 is 0 Å². The van der Waals surface area contributed by atoms with Gasteiger partial charge in [-0.2, -0.15) is 0 Å². The predicted octanol–water partition coefficient (Wildman–Crippen LogP) is 3.62. The molecule has 0 aliphatic carbocycles. The highest BCUT2D eigenvalue weighted by Gasteiger charge is 2.22. The van der Waals surface area contributed by atoms with Gasteiger partial charge in [-0.05, 0) is 42.0 Å². The Kier molecular flexibility index (Phi) is 6.17. The molecule has 0 radical (unpaired) electrons. The monoisotopic (exact) mass is 387 g/mol. The average molecular weight is 387 g/mol. The molecule has 1 aliphatic heterocycles. The fourth-order valence-corrected chi connectivity index (χ4v) is 3.45. The molecule has 0 bridgehead atoms. The third kappa shape index (κ3) is 5.21. The molecular weight excluding hydrogens is 362 g/mol. The number of rotatable bonds is 6. The van der Waals surface area contributed by atoms with Crippen LogP contribution in [0.25, 0.3) is 0 Å². The number of hydrogen-bond donors (Lipinski definition) is 0. The first-order chi connectivity index (χ1) is 14.3. The van der Waals surface area contributed by atoms with Crippen LogP contribution in [-0.4, -0.2) is 46.9 Å². The summed E-state index contributed by atoms with van der Waals surface area (Å²) in [5, 5.41) is 0. The second-order valence-electron chi connectivity index (χ2n) is 7.19. The molecule has 1 fully saturated rings. The summed E-state index contributed by atoms with van der Waals surface area (Å²) in [5.74, 6) is 0.850. The number of piperazine rings is 1. The van der Waals surface area contributed by atoms with Crippen LogP contribution >= 0.6 is 0 Å². The summed E-state index contributed by atoms with van der Waals surface area (Å²) in [5.41, 5.74) is 2.89. The molecule has 5 heteroatoms. The number of benzene rings is 2. The van der Waals surface area contributed by atoms with Gasteiger partial charge in [-0.3, -0.25) is 14.7 Å². The van der Waals surface area contributed by atoms with E-state index in [1.54, 1.807) is 0 Å². The van der Waals surface area contributed by atoms with Crippen molar-refractivity contribution in [3.05, 3.63) is 95.8 Å². The molecule has 1 aromatic heterocycles. The van der Waals surface area contributed by atoms with Crippen molar-refractivity contribution in [1.29, 1.82) is 0 Å².